The highest BCUT2D eigenvalue weighted by atomic mass is 32.2. The number of aromatic nitrogens is 2. The van der Waals surface area contributed by atoms with Gasteiger partial charge in [-0.25, -0.2) is 4.98 Å². The zero-order valence-corrected chi connectivity index (χ0v) is 12.5. The summed E-state index contributed by atoms with van der Waals surface area (Å²) in [4.78, 5) is 18.5. The maximum atomic E-state index is 12.5. The lowest BCUT2D eigenvalue weighted by Gasteiger charge is -2.12. The fourth-order valence-corrected chi connectivity index (χ4v) is 2.68. The molecule has 2 aromatic rings. The Morgan fingerprint density at radius 1 is 1.32 bits per heavy atom. The van der Waals surface area contributed by atoms with Crippen LogP contribution in [0.15, 0.2) is 34.2 Å². The summed E-state index contributed by atoms with van der Waals surface area (Å²) < 4.78 is 1.80. The van der Waals surface area contributed by atoms with E-state index in [2.05, 4.69) is 19.1 Å². The van der Waals surface area contributed by atoms with Crippen molar-refractivity contribution >= 4 is 22.7 Å². The Morgan fingerprint density at radius 2 is 2.05 bits per heavy atom. The van der Waals surface area contributed by atoms with Crippen molar-refractivity contribution in [3.63, 3.8) is 0 Å². The van der Waals surface area contributed by atoms with Gasteiger partial charge < -0.3 is 4.90 Å². The lowest BCUT2D eigenvalue weighted by Crippen LogP contribution is -3.05. The van der Waals surface area contributed by atoms with Crippen LogP contribution in [0.25, 0.3) is 10.9 Å². The molecule has 0 aliphatic rings. The van der Waals surface area contributed by atoms with Gasteiger partial charge in [0.2, 0.25) is 0 Å². The minimum atomic E-state index is 0.0729. The van der Waals surface area contributed by atoms with Crippen LogP contribution in [0.3, 0.4) is 0 Å². The number of nitrogens with zero attached hydrogens (tertiary/aromatic N) is 2. The second-order valence-electron chi connectivity index (χ2n) is 4.88. The van der Waals surface area contributed by atoms with Gasteiger partial charge in [-0.1, -0.05) is 23.9 Å². The Balaban J connectivity index is 2.40. The fraction of sp³-hybridized carbons (Fsp3) is 0.429. The summed E-state index contributed by atoms with van der Waals surface area (Å²) in [5.74, 6) is 0. The van der Waals surface area contributed by atoms with Gasteiger partial charge in [-0.15, -0.1) is 0 Å². The van der Waals surface area contributed by atoms with Crippen LogP contribution in [-0.4, -0.2) is 36.4 Å². The summed E-state index contributed by atoms with van der Waals surface area (Å²) in [5.41, 5.74) is 0.857. The number of hydrogen-bond acceptors (Lipinski definition) is 3. The van der Waals surface area contributed by atoms with E-state index in [-0.39, 0.29) is 5.56 Å². The Kier molecular flexibility index (Phi) is 4.61. The lowest BCUT2D eigenvalue weighted by atomic mass is 10.2. The standard InChI is InChI=1S/C14H19N3OS/c1-16(2)9-6-10-17-13(18)11-7-4-5-8-12(11)15-14(17)19-3/h4-5,7-8H,6,9-10H2,1-3H3/p+1. The smallest absolute Gasteiger partial charge is 0.262 e. The van der Waals surface area contributed by atoms with Crippen LogP contribution in [0, 0.1) is 0 Å². The third kappa shape index (κ3) is 3.16. The number of nitrogens with one attached hydrogen (secondary N) is 1. The van der Waals surface area contributed by atoms with Crippen molar-refractivity contribution < 1.29 is 4.90 Å². The van der Waals surface area contributed by atoms with Crippen LogP contribution in [0.4, 0.5) is 0 Å². The summed E-state index contributed by atoms with van der Waals surface area (Å²) in [6, 6.07) is 7.55. The molecule has 0 spiro atoms. The van der Waals surface area contributed by atoms with Gasteiger partial charge in [0.25, 0.3) is 5.56 Å². The maximum Gasteiger partial charge on any atom is 0.262 e. The molecule has 0 unspecified atom stereocenters. The highest BCUT2D eigenvalue weighted by molar-refractivity contribution is 7.98. The molecule has 0 radical (unpaired) electrons. The predicted octanol–water partition coefficient (Wildman–Crippen LogP) is 0.653. The number of benzene rings is 1. The van der Waals surface area contributed by atoms with Crippen molar-refractivity contribution in [3.05, 3.63) is 34.6 Å². The normalized spacial score (nSPS) is 11.4. The van der Waals surface area contributed by atoms with Gasteiger partial charge >= 0.3 is 0 Å². The van der Waals surface area contributed by atoms with Gasteiger partial charge in [0.05, 0.1) is 31.5 Å². The summed E-state index contributed by atoms with van der Waals surface area (Å²) in [6.45, 7) is 1.78. The van der Waals surface area contributed by atoms with Gasteiger partial charge in [-0.2, -0.15) is 0 Å². The second-order valence-corrected chi connectivity index (χ2v) is 5.66. The third-order valence-electron chi connectivity index (χ3n) is 3.07. The molecule has 0 saturated heterocycles. The summed E-state index contributed by atoms with van der Waals surface area (Å²) >= 11 is 1.53. The van der Waals surface area contributed by atoms with Crippen molar-refractivity contribution in [2.45, 2.75) is 18.1 Å². The minimum absolute atomic E-state index is 0.0729. The molecule has 0 fully saturated rings. The molecule has 0 atom stereocenters. The monoisotopic (exact) mass is 278 g/mol. The lowest BCUT2D eigenvalue weighted by molar-refractivity contribution is -0.858. The molecule has 4 nitrogen and oxygen atoms in total. The van der Waals surface area contributed by atoms with E-state index >= 15 is 0 Å². The Bertz CT molecular complexity index is 622. The molecule has 0 saturated carbocycles. The number of quaternary nitrogens is 1. The first-order valence-electron chi connectivity index (χ1n) is 6.46. The number of rotatable bonds is 5. The first-order chi connectivity index (χ1) is 9.13. The van der Waals surface area contributed by atoms with Crippen LogP contribution in [0.5, 0.6) is 0 Å². The fourth-order valence-electron chi connectivity index (χ4n) is 2.09. The zero-order chi connectivity index (χ0) is 13.8. The van der Waals surface area contributed by atoms with Gasteiger partial charge in [0.15, 0.2) is 5.16 Å². The molecule has 0 aliphatic heterocycles. The van der Waals surface area contributed by atoms with E-state index in [9.17, 15) is 4.79 Å². The largest absolute Gasteiger partial charge is 0.340 e. The first kappa shape index (κ1) is 14.1. The maximum absolute atomic E-state index is 12.5. The minimum Gasteiger partial charge on any atom is -0.340 e. The topological polar surface area (TPSA) is 39.3 Å². The average Bonchev–Trinajstić information content (AvgIpc) is 2.40. The third-order valence-corrected chi connectivity index (χ3v) is 3.74. The Labute approximate surface area is 117 Å². The van der Waals surface area contributed by atoms with E-state index in [1.54, 1.807) is 4.57 Å². The van der Waals surface area contributed by atoms with Crippen LogP contribution < -0.4 is 10.5 Å². The van der Waals surface area contributed by atoms with E-state index < -0.39 is 0 Å². The van der Waals surface area contributed by atoms with E-state index in [1.807, 2.05) is 30.5 Å². The van der Waals surface area contributed by atoms with Crippen molar-refractivity contribution in [3.8, 4) is 0 Å². The predicted molar refractivity (Wildman–Crippen MR) is 80.1 cm³/mol. The molecule has 1 N–H and O–H groups in total. The van der Waals surface area contributed by atoms with Crippen molar-refractivity contribution in [1.82, 2.24) is 9.55 Å². The number of hydrogen-bond donors (Lipinski definition) is 1. The molecule has 0 amide bonds. The molecule has 2 rings (SSSR count). The highest BCUT2D eigenvalue weighted by Crippen LogP contribution is 2.15. The SMILES string of the molecule is CSc1nc2ccccc2c(=O)n1CCC[NH+](C)C. The quantitative estimate of drug-likeness (QED) is 0.645. The summed E-state index contributed by atoms with van der Waals surface area (Å²) in [7, 11) is 4.24. The molecule has 5 heteroatoms. The Hall–Kier alpha value is -1.33. The van der Waals surface area contributed by atoms with Crippen molar-refractivity contribution in [2.24, 2.45) is 0 Å². The average molecular weight is 278 g/mol. The first-order valence-corrected chi connectivity index (χ1v) is 7.68. The van der Waals surface area contributed by atoms with Crippen LogP contribution in [0.1, 0.15) is 6.42 Å². The summed E-state index contributed by atoms with van der Waals surface area (Å²) in [6.07, 6.45) is 2.94. The molecule has 102 valence electrons. The van der Waals surface area contributed by atoms with Gasteiger partial charge in [-0.3, -0.25) is 9.36 Å². The highest BCUT2D eigenvalue weighted by Gasteiger charge is 2.10. The molecule has 1 heterocycles. The summed E-state index contributed by atoms with van der Waals surface area (Å²) in [5, 5.41) is 1.51. The van der Waals surface area contributed by atoms with Crippen LogP contribution in [0.2, 0.25) is 0 Å². The van der Waals surface area contributed by atoms with Crippen LogP contribution >= 0.6 is 11.8 Å². The van der Waals surface area contributed by atoms with E-state index in [0.29, 0.717) is 5.39 Å². The van der Waals surface area contributed by atoms with Crippen LogP contribution in [-0.2, 0) is 6.54 Å². The number of thioether (sulfide) groups is 1. The van der Waals surface area contributed by atoms with Crippen molar-refractivity contribution in [2.75, 3.05) is 26.9 Å². The van der Waals surface area contributed by atoms with Gasteiger partial charge in [0, 0.05) is 13.0 Å². The zero-order valence-electron chi connectivity index (χ0n) is 11.6. The molecule has 0 aliphatic carbocycles. The second kappa shape index (κ2) is 6.21. The molecule has 0 bridgehead atoms. The number of para-hydroxylation sites is 1. The van der Waals surface area contributed by atoms with Crippen molar-refractivity contribution in [1.29, 1.82) is 0 Å². The van der Waals surface area contributed by atoms with Gasteiger partial charge in [0.1, 0.15) is 0 Å². The number of fused-ring (bicyclic) bond motifs is 1. The molecular formula is C14H20N3OS+. The molecular weight excluding hydrogens is 258 g/mol. The van der Waals surface area contributed by atoms with Gasteiger partial charge in [-0.05, 0) is 18.4 Å². The molecule has 19 heavy (non-hydrogen) atoms. The molecule has 1 aromatic heterocycles. The van der Waals surface area contributed by atoms with E-state index in [4.69, 9.17) is 0 Å². The Morgan fingerprint density at radius 3 is 2.74 bits per heavy atom. The van der Waals surface area contributed by atoms with E-state index in [0.717, 1.165) is 30.2 Å². The molecule has 1 aromatic carbocycles. The van der Waals surface area contributed by atoms with E-state index in [1.165, 1.54) is 16.7 Å².